The number of hydrogen-bond acceptors (Lipinski definition) is 1. The molecule has 0 spiro atoms. The number of carbonyl (C=O) groups is 1. The predicted octanol–water partition coefficient (Wildman–Crippen LogP) is 4.19. The van der Waals surface area contributed by atoms with Crippen molar-refractivity contribution in [1.82, 2.24) is 0 Å². The molecule has 0 unspecified atom stereocenters. The van der Waals surface area contributed by atoms with Crippen molar-refractivity contribution < 1.29 is 4.79 Å². The molecule has 2 atom stereocenters. The summed E-state index contributed by atoms with van der Waals surface area (Å²) in [7, 11) is 0. The lowest BCUT2D eigenvalue weighted by atomic mass is 9.82. The molecule has 0 fully saturated rings. The van der Waals surface area contributed by atoms with Crippen molar-refractivity contribution >= 4 is 6.29 Å². The van der Waals surface area contributed by atoms with Gasteiger partial charge in [0.15, 0.2) is 0 Å². The van der Waals surface area contributed by atoms with Gasteiger partial charge in [0.05, 0.1) is 0 Å². The summed E-state index contributed by atoms with van der Waals surface area (Å²) < 4.78 is 0. The molecule has 1 aromatic rings. The monoisotopic (exact) mass is 218 g/mol. The zero-order valence-corrected chi connectivity index (χ0v) is 10.4. The van der Waals surface area contributed by atoms with E-state index in [1.165, 1.54) is 5.56 Å². The van der Waals surface area contributed by atoms with E-state index in [4.69, 9.17) is 0 Å². The van der Waals surface area contributed by atoms with Gasteiger partial charge in [0.25, 0.3) is 0 Å². The molecular weight excluding hydrogens is 196 g/mol. The fourth-order valence-corrected chi connectivity index (χ4v) is 2.29. The van der Waals surface area contributed by atoms with Crippen LogP contribution in [-0.4, -0.2) is 6.29 Å². The normalized spacial score (nSPS) is 14.4. The molecule has 0 saturated carbocycles. The van der Waals surface area contributed by atoms with Crippen molar-refractivity contribution in [3.05, 3.63) is 35.9 Å². The van der Waals surface area contributed by atoms with Gasteiger partial charge >= 0.3 is 0 Å². The zero-order valence-electron chi connectivity index (χ0n) is 10.4. The van der Waals surface area contributed by atoms with Crippen molar-refractivity contribution in [1.29, 1.82) is 0 Å². The highest BCUT2D eigenvalue weighted by Crippen LogP contribution is 2.30. The van der Waals surface area contributed by atoms with Crippen LogP contribution in [0.2, 0.25) is 0 Å². The Kier molecular flexibility index (Phi) is 5.84. The highest BCUT2D eigenvalue weighted by atomic mass is 16.1. The molecule has 1 heteroatoms. The summed E-state index contributed by atoms with van der Waals surface area (Å²) in [4.78, 5) is 11.2. The van der Waals surface area contributed by atoms with Gasteiger partial charge in [-0.25, -0.2) is 0 Å². The summed E-state index contributed by atoms with van der Waals surface area (Å²) in [5.74, 6) is 0.581. The van der Waals surface area contributed by atoms with Crippen LogP contribution in [0.15, 0.2) is 30.3 Å². The maximum absolute atomic E-state index is 11.2. The average Bonchev–Trinajstić information content (AvgIpc) is 2.35. The molecule has 0 radical (unpaired) electrons. The Hall–Kier alpha value is -1.11. The van der Waals surface area contributed by atoms with Crippen molar-refractivity contribution in [3.63, 3.8) is 0 Å². The minimum Gasteiger partial charge on any atom is -0.303 e. The number of rotatable bonds is 7. The standard InChI is InChI=1S/C15H22O/c1-3-5-9-14(12-16)15(4-2)13-10-7-6-8-11-13/h6-8,10-12,14-15H,3-5,9H2,1-2H3/t14-,15-/m0/s1. The number of unbranched alkanes of at least 4 members (excludes halogenated alkanes) is 1. The maximum atomic E-state index is 11.2. The Morgan fingerprint density at radius 2 is 1.88 bits per heavy atom. The Labute approximate surface area is 98.9 Å². The molecule has 1 rings (SSSR count). The lowest BCUT2D eigenvalue weighted by molar-refractivity contribution is -0.112. The molecule has 0 bridgehead atoms. The molecule has 1 aromatic carbocycles. The van der Waals surface area contributed by atoms with Crippen LogP contribution in [0.4, 0.5) is 0 Å². The summed E-state index contributed by atoms with van der Waals surface area (Å²) >= 11 is 0. The third kappa shape index (κ3) is 3.48. The number of hydrogen-bond donors (Lipinski definition) is 0. The summed E-state index contributed by atoms with van der Waals surface area (Å²) in [5.41, 5.74) is 1.30. The summed E-state index contributed by atoms with van der Waals surface area (Å²) in [5, 5.41) is 0. The topological polar surface area (TPSA) is 17.1 Å². The molecule has 0 aliphatic heterocycles. The van der Waals surface area contributed by atoms with Gasteiger partial charge in [0.1, 0.15) is 6.29 Å². The van der Waals surface area contributed by atoms with Gasteiger partial charge in [0, 0.05) is 5.92 Å². The van der Waals surface area contributed by atoms with E-state index >= 15 is 0 Å². The van der Waals surface area contributed by atoms with Gasteiger partial charge in [-0.3, -0.25) is 0 Å². The maximum Gasteiger partial charge on any atom is 0.123 e. The van der Waals surface area contributed by atoms with Crippen molar-refractivity contribution in [2.75, 3.05) is 0 Å². The third-order valence-corrected chi connectivity index (χ3v) is 3.25. The second-order valence-corrected chi connectivity index (χ2v) is 4.37. The first-order chi connectivity index (χ1) is 7.83. The SMILES string of the molecule is CCCC[C@@H](C=O)[C@@H](CC)c1ccccc1. The fourth-order valence-electron chi connectivity index (χ4n) is 2.29. The Morgan fingerprint density at radius 3 is 2.38 bits per heavy atom. The van der Waals surface area contributed by atoms with Crippen LogP contribution in [-0.2, 0) is 4.79 Å². The number of benzene rings is 1. The van der Waals surface area contributed by atoms with Gasteiger partial charge in [-0.05, 0) is 24.3 Å². The molecule has 0 amide bonds. The first-order valence-electron chi connectivity index (χ1n) is 6.33. The average molecular weight is 218 g/mol. The molecule has 1 nitrogen and oxygen atoms in total. The van der Waals surface area contributed by atoms with E-state index < -0.39 is 0 Å². The molecule has 0 heterocycles. The lowest BCUT2D eigenvalue weighted by Crippen LogP contribution is -2.14. The molecule has 0 aliphatic carbocycles. The molecule has 0 aromatic heterocycles. The van der Waals surface area contributed by atoms with E-state index in [0.29, 0.717) is 5.92 Å². The van der Waals surface area contributed by atoms with Gasteiger partial charge < -0.3 is 4.79 Å². The fraction of sp³-hybridized carbons (Fsp3) is 0.533. The summed E-state index contributed by atoms with van der Waals surface area (Å²) in [6.45, 7) is 4.34. The highest BCUT2D eigenvalue weighted by molar-refractivity contribution is 5.55. The van der Waals surface area contributed by atoms with Crippen molar-refractivity contribution in [2.24, 2.45) is 5.92 Å². The van der Waals surface area contributed by atoms with Gasteiger partial charge in [-0.2, -0.15) is 0 Å². The second-order valence-electron chi connectivity index (χ2n) is 4.37. The largest absolute Gasteiger partial charge is 0.303 e. The van der Waals surface area contributed by atoms with Gasteiger partial charge in [-0.15, -0.1) is 0 Å². The lowest BCUT2D eigenvalue weighted by Gasteiger charge is -2.21. The zero-order chi connectivity index (χ0) is 11.8. The minimum atomic E-state index is 0.187. The van der Waals surface area contributed by atoms with E-state index in [9.17, 15) is 4.79 Å². The van der Waals surface area contributed by atoms with Crippen LogP contribution >= 0.6 is 0 Å². The molecule has 0 N–H and O–H groups in total. The number of aldehydes is 1. The molecule has 88 valence electrons. The van der Waals surface area contributed by atoms with Crippen molar-refractivity contribution in [2.45, 2.75) is 45.4 Å². The molecule has 0 saturated heterocycles. The smallest absolute Gasteiger partial charge is 0.123 e. The summed E-state index contributed by atoms with van der Waals surface area (Å²) in [6, 6.07) is 10.4. The van der Waals surface area contributed by atoms with Crippen LogP contribution in [0.5, 0.6) is 0 Å². The Morgan fingerprint density at radius 1 is 1.19 bits per heavy atom. The van der Waals surface area contributed by atoms with E-state index in [-0.39, 0.29) is 5.92 Å². The predicted molar refractivity (Wildman–Crippen MR) is 68.6 cm³/mol. The molecule has 16 heavy (non-hydrogen) atoms. The van der Waals surface area contributed by atoms with Gasteiger partial charge in [0.2, 0.25) is 0 Å². The van der Waals surface area contributed by atoms with Crippen molar-refractivity contribution in [3.8, 4) is 0 Å². The summed E-state index contributed by atoms with van der Waals surface area (Å²) in [6.07, 6.45) is 5.52. The highest BCUT2D eigenvalue weighted by Gasteiger charge is 2.20. The second kappa shape index (κ2) is 7.21. The molecule has 0 aliphatic rings. The van der Waals surface area contributed by atoms with Crippen LogP contribution in [0, 0.1) is 5.92 Å². The Bertz CT molecular complexity index is 292. The van der Waals surface area contributed by atoms with Gasteiger partial charge in [-0.1, -0.05) is 57.0 Å². The van der Waals surface area contributed by atoms with E-state index in [1.807, 2.05) is 6.07 Å². The van der Waals surface area contributed by atoms with Crippen LogP contribution < -0.4 is 0 Å². The van der Waals surface area contributed by atoms with E-state index in [1.54, 1.807) is 0 Å². The third-order valence-electron chi connectivity index (χ3n) is 3.25. The van der Waals surface area contributed by atoms with Crippen LogP contribution in [0.3, 0.4) is 0 Å². The quantitative estimate of drug-likeness (QED) is 0.627. The van der Waals surface area contributed by atoms with Crippen LogP contribution in [0.1, 0.15) is 51.0 Å². The first kappa shape index (κ1) is 13.0. The Balaban J connectivity index is 2.75. The molecular formula is C15H22O. The number of carbonyl (C=O) groups excluding carboxylic acids is 1. The van der Waals surface area contributed by atoms with Crippen LogP contribution in [0.25, 0.3) is 0 Å². The first-order valence-corrected chi connectivity index (χ1v) is 6.33. The minimum absolute atomic E-state index is 0.187. The van der Waals surface area contributed by atoms with E-state index in [0.717, 1.165) is 32.0 Å². The van der Waals surface area contributed by atoms with E-state index in [2.05, 4.69) is 38.1 Å².